The molecule has 4 saturated carbocycles. The summed E-state index contributed by atoms with van der Waals surface area (Å²) in [6.45, 7) is 5.29. The number of nitrogens with zero attached hydrogens (tertiary/aromatic N) is 2. The Labute approximate surface area is 136 Å². The van der Waals surface area contributed by atoms with Crippen LogP contribution in [0.4, 0.5) is 0 Å². The third-order valence-electron chi connectivity index (χ3n) is 6.20. The highest BCUT2D eigenvalue weighted by molar-refractivity contribution is 7.09. The summed E-state index contributed by atoms with van der Waals surface area (Å²) in [4.78, 5) is 19.9. The number of rotatable bonds is 4. The van der Waals surface area contributed by atoms with Gasteiger partial charge in [-0.25, -0.2) is 0 Å². The molecule has 1 aromatic rings. The molecular weight excluding hydrogens is 292 g/mol. The minimum atomic E-state index is -0.0753. The smallest absolute Gasteiger partial charge is 0.254 e. The molecule has 120 valence electrons. The van der Waals surface area contributed by atoms with Crippen LogP contribution in [0.25, 0.3) is 0 Å². The molecule has 4 bridgehead atoms. The molecule has 0 aliphatic heterocycles. The Kier molecular flexibility index (Phi) is 3.55. The minimum Gasteiger partial charge on any atom is -0.323 e. The Balaban J connectivity index is 1.64. The van der Waals surface area contributed by atoms with Crippen molar-refractivity contribution >= 4 is 17.2 Å². The van der Waals surface area contributed by atoms with E-state index in [1.807, 2.05) is 0 Å². The summed E-state index contributed by atoms with van der Waals surface area (Å²) in [7, 11) is 0. The fourth-order valence-corrected chi connectivity index (χ4v) is 6.28. The SMILES string of the molecule is CCCCn1cc(C)sc1=NC(=O)C12CC3CC(CC1C3)C2. The van der Waals surface area contributed by atoms with E-state index < -0.39 is 0 Å². The van der Waals surface area contributed by atoms with Crippen molar-refractivity contribution < 1.29 is 4.79 Å². The number of hydrogen-bond acceptors (Lipinski definition) is 2. The number of aromatic nitrogens is 1. The summed E-state index contributed by atoms with van der Waals surface area (Å²) in [6.07, 6.45) is 10.7. The van der Waals surface area contributed by atoms with Crippen LogP contribution in [0.15, 0.2) is 11.2 Å². The molecule has 1 aromatic heterocycles. The van der Waals surface area contributed by atoms with Crippen LogP contribution in [0, 0.1) is 30.1 Å². The van der Waals surface area contributed by atoms with Crippen molar-refractivity contribution in [2.75, 3.05) is 0 Å². The molecule has 4 heteroatoms. The Morgan fingerprint density at radius 1 is 1.36 bits per heavy atom. The van der Waals surface area contributed by atoms with Crippen LogP contribution in [0.1, 0.15) is 56.7 Å². The fourth-order valence-electron chi connectivity index (χ4n) is 5.42. The number of carbonyl (C=O) groups excluding carboxylic acids is 1. The molecular formula is C18H26N2OS. The second-order valence-corrected chi connectivity index (χ2v) is 9.00. The maximum atomic E-state index is 13.0. The van der Waals surface area contributed by atoms with Gasteiger partial charge < -0.3 is 4.57 Å². The van der Waals surface area contributed by atoms with Crippen LogP contribution < -0.4 is 4.80 Å². The summed E-state index contributed by atoms with van der Waals surface area (Å²) in [5, 5.41) is 0. The van der Waals surface area contributed by atoms with Crippen LogP contribution in [0.5, 0.6) is 0 Å². The van der Waals surface area contributed by atoms with Crippen LogP contribution in [0.2, 0.25) is 0 Å². The first kappa shape index (κ1) is 14.7. The average molecular weight is 318 g/mol. The maximum absolute atomic E-state index is 13.0. The molecule has 0 aromatic carbocycles. The molecule has 4 fully saturated rings. The lowest BCUT2D eigenvalue weighted by Crippen LogP contribution is -2.33. The Hall–Kier alpha value is -0.900. The van der Waals surface area contributed by atoms with E-state index in [0.29, 0.717) is 5.92 Å². The zero-order chi connectivity index (χ0) is 15.3. The van der Waals surface area contributed by atoms with E-state index >= 15 is 0 Å². The molecule has 0 spiro atoms. The van der Waals surface area contributed by atoms with Gasteiger partial charge in [-0.3, -0.25) is 4.79 Å². The topological polar surface area (TPSA) is 34.4 Å². The molecule has 2 unspecified atom stereocenters. The van der Waals surface area contributed by atoms with E-state index in [1.54, 1.807) is 11.3 Å². The largest absolute Gasteiger partial charge is 0.323 e. The maximum Gasteiger partial charge on any atom is 0.254 e. The first-order valence-corrected chi connectivity index (χ1v) is 9.68. The van der Waals surface area contributed by atoms with Gasteiger partial charge in [-0.05, 0) is 63.2 Å². The van der Waals surface area contributed by atoms with Crippen molar-refractivity contribution in [2.24, 2.45) is 28.2 Å². The summed E-state index contributed by atoms with van der Waals surface area (Å²) in [6, 6.07) is 0. The first-order chi connectivity index (χ1) is 10.6. The highest BCUT2D eigenvalue weighted by Crippen LogP contribution is 2.65. The second-order valence-electron chi connectivity index (χ2n) is 7.79. The van der Waals surface area contributed by atoms with Crippen molar-refractivity contribution in [3.63, 3.8) is 0 Å². The summed E-state index contributed by atoms with van der Waals surface area (Å²) >= 11 is 1.67. The third-order valence-corrected chi connectivity index (χ3v) is 7.14. The summed E-state index contributed by atoms with van der Waals surface area (Å²) in [5.41, 5.74) is -0.0753. The molecule has 0 saturated heterocycles. The lowest BCUT2D eigenvalue weighted by molar-refractivity contribution is -0.129. The highest BCUT2D eigenvalue weighted by Gasteiger charge is 2.61. The number of carbonyl (C=O) groups is 1. The summed E-state index contributed by atoms with van der Waals surface area (Å²) < 4.78 is 2.19. The number of unbranched alkanes of at least 4 members (excludes halogenated alkanes) is 1. The molecule has 0 radical (unpaired) electrons. The van der Waals surface area contributed by atoms with E-state index in [9.17, 15) is 4.79 Å². The lowest BCUT2D eigenvalue weighted by atomic mass is 9.75. The van der Waals surface area contributed by atoms with E-state index in [0.717, 1.165) is 42.4 Å². The molecule has 1 amide bonds. The van der Waals surface area contributed by atoms with E-state index in [-0.39, 0.29) is 11.3 Å². The molecule has 22 heavy (non-hydrogen) atoms. The van der Waals surface area contributed by atoms with Crippen molar-refractivity contribution in [1.29, 1.82) is 0 Å². The number of hydrogen-bond donors (Lipinski definition) is 0. The van der Waals surface area contributed by atoms with Gasteiger partial charge in [0.2, 0.25) is 0 Å². The van der Waals surface area contributed by atoms with Gasteiger partial charge in [0.25, 0.3) is 5.91 Å². The van der Waals surface area contributed by atoms with Crippen LogP contribution in [-0.4, -0.2) is 10.5 Å². The van der Waals surface area contributed by atoms with Gasteiger partial charge in [0.1, 0.15) is 0 Å². The van der Waals surface area contributed by atoms with Gasteiger partial charge in [0.15, 0.2) is 4.80 Å². The molecule has 4 aliphatic rings. The molecule has 3 nitrogen and oxygen atoms in total. The fraction of sp³-hybridized carbons (Fsp3) is 0.778. The standard InChI is InChI=1S/C18H26N2OS/c1-3-4-5-20-11-12(2)22-17(20)19-16(21)18-9-13-6-14(10-18)8-15(18)7-13/h11,13-15H,3-10H2,1-2H3. The predicted molar refractivity (Wildman–Crippen MR) is 88.5 cm³/mol. The van der Waals surface area contributed by atoms with Crippen molar-refractivity contribution in [2.45, 2.75) is 65.3 Å². The highest BCUT2D eigenvalue weighted by atomic mass is 32.1. The Morgan fingerprint density at radius 3 is 2.77 bits per heavy atom. The van der Waals surface area contributed by atoms with Crippen LogP contribution >= 0.6 is 11.3 Å². The van der Waals surface area contributed by atoms with E-state index in [2.05, 4.69) is 29.6 Å². The van der Waals surface area contributed by atoms with E-state index in [1.165, 1.54) is 30.6 Å². The molecule has 2 atom stereocenters. The summed E-state index contributed by atoms with van der Waals surface area (Å²) in [5.74, 6) is 2.47. The van der Waals surface area contributed by atoms with Crippen LogP contribution in [-0.2, 0) is 11.3 Å². The van der Waals surface area contributed by atoms with Gasteiger partial charge >= 0.3 is 0 Å². The number of amides is 1. The van der Waals surface area contributed by atoms with Gasteiger partial charge in [-0.1, -0.05) is 13.3 Å². The lowest BCUT2D eigenvalue weighted by Gasteiger charge is -2.29. The zero-order valence-electron chi connectivity index (χ0n) is 13.7. The van der Waals surface area contributed by atoms with E-state index in [4.69, 9.17) is 0 Å². The predicted octanol–water partition coefficient (Wildman–Crippen LogP) is 3.91. The molecule has 1 heterocycles. The first-order valence-electron chi connectivity index (χ1n) is 8.87. The zero-order valence-corrected chi connectivity index (χ0v) is 14.5. The minimum absolute atomic E-state index is 0.0753. The molecule has 4 aliphatic carbocycles. The van der Waals surface area contributed by atoms with Crippen LogP contribution in [0.3, 0.4) is 0 Å². The van der Waals surface area contributed by atoms with Gasteiger partial charge in [0, 0.05) is 17.6 Å². The third kappa shape index (κ3) is 2.22. The molecule has 5 rings (SSSR count). The van der Waals surface area contributed by atoms with Crippen molar-refractivity contribution in [3.05, 3.63) is 15.9 Å². The molecule has 0 N–H and O–H groups in total. The Morgan fingerprint density at radius 2 is 2.09 bits per heavy atom. The number of thiazole rings is 1. The normalized spacial score (nSPS) is 36.5. The monoisotopic (exact) mass is 318 g/mol. The second kappa shape index (κ2) is 5.33. The number of aryl methyl sites for hydroxylation is 2. The van der Waals surface area contributed by atoms with Gasteiger partial charge in [-0.15, -0.1) is 11.3 Å². The van der Waals surface area contributed by atoms with Gasteiger partial charge in [-0.2, -0.15) is 4.99 Å². The van der Waals surface area contributed by atoms with Gasteiger partial charge in [0.05, 0.1) is 5.41 Å². The Bertz CT molecular complexity index is 642. The quantitative estimate of drug-likeness (QED) is 0.828. The average Bonchev–Trinajstić information content (AvgIpc) is 3.04. The van der Waals surface area contributed by atoms with Crippen molar-refractivity contribution in [1.82, 2.24) is 4.57 Å². The van der Waals surface area contributed by atoms with Crippen molar-refractivity contribution in [3.8, 4) is 0 Å².